The smallest absolute Gasteiger partial charge is 0.268 e. The monoisotopic (exact) mass is 512 g/mol. The second-order valence-electron chi connectivity index (χ2n) is 9.51. The third-order valence-corrected chi connectivity index (χ3v) is 8.15. The molecule has 36 heavy (non-hydrogen) atoms. The largest absolute Gasteiger partial charge is 0.354 e. The summed E-state index contributed by atoms with van der Waals surface area (Å²) in [5, 5.41) is 6.69. The number of fused-ring (bicyclic) bond motifs is 1. The highest BCUT2D eigenvalue weighted by Gasteiger charge is 2.43. The van der Waals surface area contributed by atoms with E-state index in [1.54, 1.807) is 13.0 Å². The van der Waals surface area contributed by atoms with E-state index in [1.165, 1.54) is 22.6 Å². The molecule has 2 atom stereocenters. The normalized spacial score (nSPS) is 18.6. The van der Waals surface area contributed by atoms with Crippen molar-refractivity contribution in [1.29, 1.82) is 0 Å². The van der Waals surface area contributed by atoms with Gasteiger partial charge in [-0.3, -0.25) is 14.6 Å². The number of aromatic amines is 1. The van der Waals surface area contributed by atoms with Crippen molar-refractivity contribution >= 4 is 32.7 Å². The maximum Gasteiger partial charge on any atom is 0.268 e. The van der Waals surface area contributed by atoms with Crippen LogP contribution in [-0.2, 0) is 14.8 Å². The minimum absolute atomic E-state index is 0.0133. The van der Waals surface area contributed by atoms with Gasteiger partial charge in [-0.25, -0.2) is 8.42 Å². The summed E-state index contributed by atoms with van der Waals surface area (Å²) >= 11 is 0. The second-order valence-corrected chi connectivity index (χ2v) is 11.4. The first-order chi connectivity index (χ1) is 17.0. The van der Waals surface area contributed by atoms with Crippen LogP contribution in [0.25, 0.3) is 10.9 Å². The summed E-state index contributed by atoms with van der Waals surface area (Å²) in [5.74, 6) is -1.42. The topological polar surface area (TPSA) is 128 Å². The van der Waals surface area contributed by atoms with Crippen molar-refractivity contribution in [2.75, 3.05) is 40.3 Å². The van der Waals surface area contributed by atoms with Crippen LogP contribution in [0.15, 0.2) is 47.5 Å². The molecule has 1 aromatic carbocycles. The molecule has 11 heteroatoms. The molecule has 0 unspecified atom stereocenters. The lowest BCUT2D eigenvalue weighted by Gasteiger charge is -2.19. The summed E-state index contributed by atoms with van der Waals surface area (Å²) in [5.41, 5.74) is 2.83. The molecule has 1 aliphatic rings. The molecule has 4 rings (SSSR count). The number of H-pyrrole nitrogens is 1. The number of pyridine rings is 1. The number of benzene rings is 1. The van der Waals surface area contributed by atoms with Crippen molar-refractivity contribution in [3.8, 4) is 0 Å². The number of hydrogen-bond acceptors (Lipinski definition) is 6. The van der Waals surface area contributed by atoms with E-state index in [1.807, 2.05) is 44.1 Å². The highest BCUT2D eigenvalue weighted by atomic mass is 32.2. The molecule has 0 bridgehead atoms. The van der Waals surface area contributed by atoms with Gasteiger partial charge in [0.15, 0.2) is 0 Å². The molecule has 2 aromatic heterocycles. The average molecular weight is 513 g/mol. The van der Waals surface area contributed by atoms with Gasteiger partial charge in [-0.1, -0.05) is 11.6 Å². The Labute approximate surface area is 211 Å². The zero-order valence-electron chi connectivity index (χ0n) is 20.9. The summed E-state index contributed by atoms with van der Waals surface area (Å²) in [6, 6.07) is 9.84. The highest BCUT2D eigenvalue weighted by Crippen LogP contribution is 2.26. The van der Waals surface area contributed by atoms with Crippen LogP contribution in [-0.4, -0.2) is 85.7 Å². The first-order valence-corrected chi connectivity index (χ1v) is 13.2. The number of aromatic nitrogens is 2. The zero-order chi connectivity index (χ0) is 26.0. The van der Waals surface area contributed by atoms with Crippen molar-refractivity contribution in [3.63, 3.8) is 0 Å². The molecule has 3 N–H and O–H groups in total. The molecule has 0 spiro atoms. The van der Waals surface area contributed by atoms with Crippen LogP contribution in [0.4, 0.5) is 0 Å². The van der Waals surface area contributed by atoms with Crippen LogP contribution in [0.1, 0.15) is 21.7 Å². The fourth-order valence-electron chi connectivity index (χ4n) is 4.36. The Bertz CT molecular complexity index is 1380. The number of amides is 2. The maximum absolute atomic E-state index is 13.3. The number of rotatable bonds is 8. The molecule has 10 nitrogen and oxygen atoms in total. The van der Waals surface area contributed by atoms with Crippen LogP contribution in [0.3, 0.4) is 0 Å². The second kappa shape index (κ2) is 10.4. The van der Waals surface area contributed by atoms with Gasteiger partial charge in [0, 0.05) is 49.0 Å². The van der Waals surface area contributed by atoms with Gasteiger partial charge < -0.3 is 20.5 Å². The fraction of sp³-hybridized carbons (Fsp3) is 0.400. The van der Waals surface area contributed by atoms with Gasteiger partial charge in [0.1, 0.15) is 5.69 Å². The summed E-state index contributed by atoms with van der Waals surface area (Å²) < 4.78 is 28.0. The number of nitrogens with zero attached hydrogens (tertiary/aromatic N) is 3. The molecular weight excluding hydrogens is 480 g/mol. The number of carbonyl (C=O) groups is 2. The molecule has 1 aliphatic heterocycles. The predicted octanol–water partition coefficient (Wildman–Crippen LogP) is 1.28. The van der Waals surface area contributed by atoms with Crippen molar-refractivity contribution in [1.82, 2.24) is 29.8 Å². The predicted molar refractivity (Wildman–Crippen MR) is 137 cm³/mol. The van der Waals surface area contributed by atoms with Crippen LogP contribution in [0.2, 0.25) is 0 Å². The molecule has 0 saturated carbocycles. The Kier molecular flexibility index (Phi) is 7.43. The summed E-state index contributed by atoms with van der Waals surface area (Å²) in [6.07, 6.45) is 1.45. The Morgan fingerprint density at radius 2 is 1.92 bits per heavy atom. The summed E-state index contributed by atoms with van der Waals surface area (Å²) in [6.45, 7) is 4.70. The lowest BCUT2D eigenvalue weighted by molar-refractivity contribution is -0.125. The van der Waals surface area contributed by atoms with Gasteiger partial charge in [-0.2, -0.15) is 4.31 Å². The van der Waals surface area contributed by atoms with Gasteiger partial charge in [-0.15, -0.1) is 0 Å². The Morgan fingerprint density at radius 3 is 2.64 bits per heavy atom. The van der Waals surface area contributed by atoms with E-state index in [-0.39, 0.29) is 29.8 Å². The third kappa shape index (κ3) is 5.58. The van der Waals surface area contributed by atoms with Crippen LogP contribution in [0.5, 0.6) is 0 Å². The number of likely N-dealkylation sites (N-methyl/N-ethyl adjacent to an activating group) is 1. The van der Waals surface area contributed by atoms with Crippen molar-refractivity contribution in [3.05, 3.63) is 59.5 Å². The molecule has 1 saturated heterocycles. The quantitative estimate of drug-likeness (QED) is 0.417. The molecule has 3 aromatic rings. The van der Waals surface area contributed by atoms with Crippen molar-refractivity contribution < 1.29 is 18.0 Å². The number of sulfonamides is 1. The zero-order valence-corrected chi connectivity index (χ0v) is 21.7. The van der Waals surface area contributed by atoms with Gasteiger partial charge in [-0.05, 0) is 58.3 Å². The maximum atomic E-state index is 13.3. The Hall–Kier alpha value is -3.28. The molecule has 1 fully saturated rings. The molecule has 3 heterocycles. The molecule has 2 amide bonds. The molecular formula is C25H32N6O4S. The van der Waals surface area contributed by atoms with Crippen molar-refractivity contribution in [2.45, 2.75) is 24.8 Å². The molecule has 0 aliphatic carbocycles. The van der Waals surface area contributed by atoms with Crippen LogP contribution >= 0.6 is 0 Å². The molecule has 192 valence electrons. The van der Waals surface area contributed by atoms with E-state index in [2.05, 4.69) is 20.6 Å². The molecule has 0 radical (unpaired) electrons. The first-order valence-electron chi connectivity index (χ1n) is 11.8. The summed E-state index contributed by atoms with van der Waals surface area (Å²) in [4.78, 5) is 35.4. The fourth-order valence-corrected chi connectivity index (χ4v) is 5.92. The first kappa shape index (κ1) is 25.8. The van der Waals surface area contributed by atoms with Gasteiger partial charge in [0.05, 0.1) is 16.9 Å². The van der Waals surface area contributed by atoms with Gasteiger partial charge >= 0.3 is 0 Å². The van der Waals surface area contributed by atoms with Gasteiger partial charge in [0.25, 0.3) is 5.91 Å². The standard InChI is InChI=1S/C25H32N6O4S/c1-16-5-6-21-18(11-16)13-22(28-21)25(33)29-23-15-31(14-20(23)24(32)27-9-10-30(3)4)36(34,35)19-7-8-26-17(2)12-19/h5-8,11-13,20,23,28H,9-10,14-15H2,1-4H3,(H,27,32)(H,29,33)/t20-,23-/m0/s1. The number of hydrogen-bond donors (Lipinski definition) is 3. The minimum atomic E-state index is -3.87. The third-order valence-electron chi connectivity index (χ3n) is 6.32. The lowest BCUT2D eigenvalue weighted by atomic mass is 10.0. The number of carbonyl (C=O) groups excluding carboxylic acids is 2. The average Bonchev–Trinajstić information content (AvgIpc) is 3.43. The van der Waals surface area contributed by atoms with E-state index in [0.717, 1.165) is 16.5 Å². The lowest BCUT2D eigenvalue weighted by Crippen LogP contribution is -2.47. The van der Waals surface area contributed by atoms with Crippen molar-refractivity contribution in [2.24, 2.45) is 5.92 Å². The van der Waals surface area contributed by atoms with E-state index in [0.29, 0.717) is 24.5 Å². The van der Waals surface area contributed by atoms with E-state index in [9.17, 15) is 18.0 Å². The van der Waals surface area contributed by atoms with E-state index >= 15 is 0 Å². The van der Waals surface area contributed by atoms with E-state index < -0.39 is 22.0 Å². The van der Waals surface area contributed by atoms with E-state index in [4.69, 9.17) is 0 Å². The SMILES string of the molecule is Cc1ccc2[nH]c(C(=O)N[C@H]3CN(S(=O)(=O)c4ccnc(C)c4)C[C@@H]3C(=O)NCCN(C)C)cc2c1. The minimum Gasteiger partial charge on any atom is -0.354 e. The van der Waals surface area contributed by atoms with Crippen LogP contribution in [0, 0.1) is 19.8 Å². The Balaban J connectivity index is 1.57. The Morgan fingerprint density at radius 1 is 1.14 bits per heavy atom. The highest BCUT2D eigenvalue weighted by molar-refractivity contribution is 7.89. The van der Waals surface area contributed by atoms with Gasteiger partial charge in [0.2, 0.25) is 15.9 Å². The summed E-state index contributed by atoms with van der Waals surface area (Å²) in [7, 11) is -0.0734. The van der Waals surface area contributed by atoms with Crippen LogP contribution < -0.4 is 10.6 Å². The number of aryl methyl sites for hydroxylation is 2. The number of nitrogens with one attached hydrogen (secondary N) is 3.